The number of methoxy groups -OCH3 is 1. The highest BCUT2D eigenvalue weighted by atomic mass is 16.5. The summed E-state index contributed by atoms with van der Waals surface area (Å²) in [5.74, 6) is 4.11. The molecule has 7 nitrogen and oxygen atoms in total. The normalized spacial score (nSPS) is 17.4. The summed E-state index contributed by atoms with van der Waals surface area (Å²) in [4.78, 5) is 11.6. The van der Waals surface area contributed by atoms with Crippen LogP contribution in [0.25, 0.3) is 10.9 Å². The minimum Gasteiger partial charge on any atom is -0.497 e. The van der Waals surface area contributed by atoms with Crippen molar-refractivity contribution in [3.63, 3.8) is 0 Å². The van der Waals surface area contributed by atoms with Crippen LogP contribution in [-0.2, 0) is 6.54 Å². The maximum absolute atomic E-state index is 6.02. The van der Waals surface area contributed by atoms with Gasteiger partial charge in [-0.3, -0.25) is 0 Å². The zero-order chi connectivity index (χ0) is 25.6. The van der Waals surface area contributed by atoms with Gasteiger partial charge in [-0.15, -0.1) is 0 Å². The molecule has 192 valence electrons. The van der Waals surface area contributed by atoms with E-state index >= 15 is 0 Å². The van der Waals surface area contributed by atoms with E-state index in [1.165, 1.54) is 5.56 Å². The molecule has 3 aromatic carbocycles. The Hall–Kier alpha value is -3.84. The summed E-state index contributed by atoms with van der Waals surface area (Å²) in [5.41, 5.74) is 2.18. The van der Waals surface area contributed by atoms with Crippen LogP contribution in [-0.4, -0.2) is 43.3 Å². The summed E-state index contributed by atoms with van der Waals surface area (Å²) < 4.78 is 11.2. The molecule has 0 spiro atoms. The van der Waals surface area contributed by atoms with Crippen molar-refractivity contribution in [3.05, 3.63) is 78.4 Å². The van der Waals surface area contributed by atoms with Crippen LogP contribution in [0.1, 0.15) is 31.2 Å². The largest absolute Gasteiger partial charge is 0.497 e. The van der Waals surface area contributed by atoms with Crippen LogP contribution >= 0.6 is 0 Å². The summed E-state index contributed by atoms with van der Waals surface area (Å²) in [6.45, 7) is 0.822. The molecule has 5 rings (SSSR count). The van der Waals surface area contributed by atoms with E-state index in [-0.39, 0.29) is 0 Å². The van der Waals surface area contributed by atoms with E-state index in [0.29, 0.717) is 18.0 Å². The number of hydrogen-bond donors (Lipinski definition) is 2. The van der Waals surface area contributed by atoms with Crippen molar-refractivity contribution in [2.24, 2.45) is 0 Å². The molecule has 0 unspecified atom stereocenters. The lowest BCUT2D eigenvalue weighted by Crippen LogP contribution is -2.37. The van der Waals surface area contributed by atoms with Crippen LogP contribution in [0.2, 0.25) is 0 Å². The molecule has 0 aliphatic heterocycles. The Morgan fingerprint density at radius 1 is 0.811 bits per heavy atom. The minimum absolute atomic E-state index is 0.385. The van der Waals surface area contributed by atoms with Gasteiger partial charge in [0.05, 0.1) is 12.6 Å². The molecule has 1 fully saturated rings. The molecule has 1 heterocycles. The van der Waals surface area contributed by atoms with Gasteiger partial charge in [-0.05, 0) is 79.8 Å². The number of aromatic nitrogens is 2. The number of para-hydroxylation sites is 1. The van der Waals surface area contributed by atoms with Gasteiger partial charge in [-0.2, -0.15) is 4.98 Å². The van der Waals surface area contributed by atoms with Crippen molar-refractivity contribution in [2.75, 3.05) is 31.4 Å². The molecular weight excluding hydrogens is 462 g/mol. The third kappa shape index (κ3) is 6.30. The summed E-state index contributed by atoms with van der Waals surface area (Å²) in [6.07, 6.45) is 4.42. The van der Waals surface area contributed by atoms with Gasteiger partial charge < -0.3 is 25.0 Å². The first-order valence-corrected chi connectivity index (χ1v) is 12.9. The first-order chi connectivity index (χ1) is 18.1. The smallest absolute Gasteiger partial charge is 0.225 e. The Morgan fingerprint density at radius 3 is 2.30 bits per heavy atom. The Bertz CT molecular complexity index is 1320. The highest BCUT2D eigenvalue weighted by Gasteiger charge is 2.22. The number of benzene rings is 3. The lowest BCUT2D eigenvalue weighted by molar-refractivity contribution is 0.352. The van der Waals surface area contributed by atoms with Gasteiger partial charge in [-0.1, -0.05) is 24.3 Å². The molecule has 0 radical (unpaired) electrons. The van der Waals surface area contributed by atoms with Crippen molar-refractivity contribution in [1.29, 1.82) is 0 Å². The highest BCUT2D eigenvalue weighted by molar-refractivity contribution is 5.90. The first-order valence-electron chi connectivity index (χ1n) is 12.9. The second-order valence-electron chi connectivity index (χ2n) is 9.78. The lowest BCUT2D eigenvalue weighted by Gasteiger charge is -2.30. The van der Waals surface area contributed by atoms with E-state index in [9.17, 15) is 0 Å². The number of nitrogens with zero attached hydrogens (tertiary/aromatic N) is 3. The predicted octanol–water partition coefficient (Wildman–Crippen LogP) is 6.01. The fourth-order valence-corrected chi connectivity index (χ4v) is 4.85. The van der Waals surface area contributed by atoms with Gasteiger partial charge in [0.25, 0.3) is 0 Å². The van der Waals surface area contributed by atoms with Gasteiger partial charge in [0.1, 0.15) is 23.1 Å². The average molecular weight is 498 g/mol. The molecular formula is C30H35N5O2. The third-order valence-corrected chi connectivity index (χ3v) is 6.86. The number of nitrogens with one attached hydrogen (secondary N) is 2. The van der Waals surface area contributed by atoms with Crippen LogP contribution in [0.15, 0.2) is 72.8 Å². The number of hydrogen-bond acceptors (Lipinski definition) is 7. The van der Waals surface area contributed by atoms with E-state index in [0.717, 1.165) is 66.2 Å². The molecule has 0 saturated heterocycles. The summed E-state index contributed by atoms with van der Waals surface area (Å²) in [5, 5.41) is 8.41. The Labute approximate surface area is 218 Å². The Kier molecular flexibility index (Phi) is 7.70. The SMILES string of the molecule is COc1ccc(Oc2cccc(CN[C@H]3CC[C@@H](Nc4nc(N(C)C)c5ccccc5n4)CC3)c2)cc1. The standard InChI is InChI=1S/C30H35N5O2/c1-35(2)29-27-9-4-5-10-28(27)33-30(34-29)32-23-13-11-22(12-14-23)31-20-21-7-6-8-26(19-21)37-25-17-15-24(36-3)16-18-25/h4-10,15-19,22-23,31H,11-14,20H2,1-3H3,(H,32,33,34)/t22-,23+. The van der Waals surface area contributed by atoms with Crippen LogP contribution in [0.3, 0.4) is 0 Å². The minimum atomic E-state index is 0.385. The van der Waals surface area contributed by atoms with E-state index in [1.54, 1.807) is 7.11 Å². The van der Waals surface area contributed by atoms with Gasteiger partial charge >= 0.3 is 0 Å². The van der Waals surface area contributed by atoms with Gasteiger partial charge in [-0.25, -0.2) is 4.98 Å². The number of fused-ring (bicyclic) bond motifs is 1. The average Bonchev–Trinajstić information content (AvgIpc) is 2.93. The maximum Gasteiger partial charge on any atom is 0.225 e. The fourth-order valence-electron chi connectivity index (χ4n) is 4.85. The molecule has 1 aliphatic carbocycles. The van der Waals surface area contributed by atoms with Crippen LogP contribution in [0.5, 0.6) is 17.2 Å². The molecule has 0 amide bonds. The zero-order valence-corrected chi connectivity index (χ0v) is 21.8. The first kappa shape index (κ1) is 24.8. The monoisotopic (exact) mass is 497 g/mol. The lowest BCUT2D eigenvalue weighted by atomic mass is 9.91. The molecule has 7 heteroatoms. The Morgan fingerprint density at radius 2 is 1.54 bits per heavy atom. The molecule has 1 aliphatic rings. The van der Waals surface area contributed by atoms with E-state index in [2.05, 4.69) is 28.8 Å². The Balaban J connectivity index is 1.12. The van der Waals surface area contributed by atoms with Crippen LogP contribution in [0, 0.1) is 0 Å². The summed E-state index contributed by atoms with van der Waals surface area (Å²) >= 11 is 0. The van der Waals surface area contributed by atoms with E-state index in [1.807, 2.05) is 73.6 Å². The highest BCUT2D eigenvalue weighted by Crippen LogP contribution is 2.27. The summed E-state index contributed by atoms with van der Waals surface area (Å²) in [7, 11) is 5.71. The maximum atomic E-state index is 6.02. The quantitative estimate of drug-likeness (QED) is 0.293. The van der Waals surface area contributed by atoms with Gasteiger partial charge in [0, 0.05) is 38.1 Å². The number of anilines is 2. The topological polar surface area (TPSA) is 71.5 Å². The second kappa shape index (κ2) is 11.5. The summed E-state index contributed by atoms with van der Waals surface area (Å²) in [6, 6.07) is 25.0. The van der Waals surface area contributed by atoms with Crippen molar-refractivity contribution in [3.8, 4) is 17.2 Å². The molecule has 0 bridgehead atoms. The zero-order valence-electron chi connectivity index (χ0n) is 21.8. The second-order valence-corrected chi connectivity index (χ2v) is 9.78. The van der Waals surface area contributed by atoms with Gasteiger partial charge in [0.15, 0.2) is 0 Å². The molecule has 1 saturated carbocycles. The van der Waals surface area contributed by atoms with Crippen molar-refractivity contribution >= 4 is 22.7 Å². The molecule has 4 aromatic rings. The van der Waals surface area contributed by atoms with Crippen LogP contribution in [0.4, 0.5) is 11.8 Å². The fraction of sp³-hybridized carbons (Fsp3) is 0.333. The van der Waals surface area contributed by atoms with Gasteiger partial charge in [0.2, 0.25) is 5.95 Å². The molecule has 2 N–H and O–H groups in total. The number of ether oxygens (including phenoxy) is 2. The van der Waals surface area contributed by atoms with Crippen molar-refractivity contribution in [1.82, 2.24) is 15.3 Å². The molecule has 37 heavy (non-hydrogen) atoms. The molecule has 0 atom stereocenters. The van der Waals surface area contributed by atoms with E-state index < -0.39 is 0 Å². The van der Waals surface area contributed by atoms with Crippen LogP contribution < -0.4 is 25.0 Å². The number of rotatable bonds is 9. The molecule has 1 aromatic heterocycles. The van der Waals surface area contributed by atoms with Crippen molar-refractivity contribution < 1.29 is 9.47 Å². The predicted molar refractivity (Wildman–Crippen MR) is 150 cm³/mol. The third-order valence-electron chi connectivity index (χ3n) is 6.86. The van der Waals surface area contributed by atoms with Crippen molar-refractivity contribution in [2.45, 2.75) is 44.3 Å². The van der Waals surface area contributed by atoms with E-state index in [4.69, 9.17) is 19.4 Å².